The molecule has 0 spiro atoms. The molecule has 8 heteroatoms. The fraction of sp³-hybridized carbons (Fsp3) is 0.103. The van der Waals surface area contributed by atoms with Crippen molar-refractivity contribution in [2.75, 3.05) is 10.0 Å². The fourth-order valence-corrected chi connectivity index (χ4v) is 5.13. The molecule has 0 aromatic heterocycles. The molecule has 7 nitrogen and oxygen atoms in total. The van der Waals surface area contributed by atoms with Gasteiger partial charge in [0.15, 0.2) is 0 Å². The van der Waals surface area contributed by atoms with Gasteiger partial charge in [0, 0.05) is 17.8 Å². The van der Waals surface area contributed by atoms with Gasteiger partial charge in [0.2, 0.25) is 0 Å². The highest BCUT2D eigenvalue weighted by Gasteiger charge is 2.20. The average molecular weight is 514 g/mol. The van der Waals surface area contributed by atoms with Crippen LogP contribution in [0.25, 0.3) is 0 Å². The van der Waals surface area contributed by atoms with Crippen molar-refractivity contribution in [3.8, 4) is 0 Å². The quantitative estimate of drug-likeness (QED) is 0.298. The lowest BCUT2D eigenvalue weighted by Crippen LogP contribution is -2.25. The number of hydrogen-bond acceptors (Lipinski definition) is 4. The molecule has 0 bridgehead atoms. The minimum Gasteiger partial charge on any atom is -0.348 e. The molecular weight excluding hydrogens is 486 g/mol. The molecule has 0 saturated heterocycles. The molecule has 0 aliphatic carbocycles. The van der Waals surface area contributed by atoms with E-state index in [0.717, 1.165) is 11.1 Å². The molecule has 4 aromatic carbocycles. The van der Waals surface area contributed by atoms with E-state index in [2.05, 4.69) is 15.4 Å². The number of para-hydroxylation sites is 1. The summed E-state index contributed by atoms with van der Waals surface area (Å²) in [6.45, 7) is 3.88. The maximum absolute atomic E-state index is 13.1. The molecule has 4 aromatic rings. The van der Waals surface area contributed by atoms with Crippen LogP contribution in [0.5, 0.6) is 0 Å². The number of amides is 2. The van der Waals surface area contributed by atoms with E-state index in [1.54, 1.807) is 61.5 Å². The predicted molar refractivity (Wildman–Crippen MR) is 145 cm³/mol. The maximum Gasteiger partial charge on any atom is 0.262 e. The van der Waals surface area contributed by atoms with Gasteiger partial charge < -0.3 is 10.6 Å². The Labute approximate surface area is 216 Å². The Morgan fingerprint density at radius 2 is 1.49 bits per heavy atom. The third kappa shape index (κ3) is 6.42. The monoisotopic (exact) mass is 513 g/mol. The Morgan fingerprint density at radius 1 is 0.757 bits per heavy atom. The molecule has 3 N–H and O–H groups in total. The Hall–Kier alpha value is -4.43. The fourth-order valence-electron chi connectivity index (χ4n) is 3.81. The van der Waals surface area contributed by atoms with Crippen LogP contribution < -0.4 is 15.4 Å². The van der Waals surface area contributed by atoms with Crippen molar-refractivity contribution < 1.29 is 18.0 Å². The molecule has 37 heavy (non-hydrogen) atoms. The van der Waals surface area contributed by atoms with Crippen molar-refractivity contribution in [3.05, 3.63) is 125 Å². The predicted octanol–water partition coefficient (Wildman–Crippen LogP) is 5.29. The Kier molecular flexibility index (Phi) is 7.69. The number of anilines is 2. The van der Waals surface area contributed by atoms with Crippen molar-refractivity contribution in [1.29, 1.82) is 0 Å². The first-order valence-corrected chi connectivity index (χ1v) is 13.1. The second-order valence-electron chi connectivity index (χ2n) is 8.62. The van der Waals surface area contributed by atoms with Crippen LogP contribution in [0, 0.1) is 13.8 Å². The van der Waals surface area contributed by atoms with E-state index in [0.29, 0.717) is 29.0 Å². The van der Waals surface area contributed by atoms with Gasteiger partial charge in [-0.1, -0.05) is 60.7 Å². The van der Waals surface area contributed by atoms with E-state index >= 15 is 0 Å². The third-order valence-electron chi connectivity index (χ3n) is 5.73. The van der Waals surface area contributed by atoms with Gasteiger partial charge in [-0.3, -0.25) is 14.3 Å². The topological polar surface area (TPSA) is 104 Å². The molecule has 188 valence electrons. The molecule has 0 fully saturated rings. The molecule has 0 atom stereocenters. The Morgan fingerprint density at radius 3 is 2.24 bits per heavy atom. The van der Waals surface area contributed by atoms with Crippen LogP contribution >= 0.6 is 0 Å². The number of hydrogen-bond donors (Lipinski definition) is 3. The molecule has 0 heterocycles. The summed E-state index contributed by atoms with van der Waals surface area (Å²) in [5, 5.41) is 5.60. The van der Waals surface area contributed by atoms with E-state index in [1.165, 1.54) is 6.07 Å². The highest BCUT2D eigenvalue weighted by molar-refractivity contribution is 7.92. The SMILES string of the molecule is Cc1cccc(NS(=O)(=O)c2cc(C(=O)Nc3ccccc3C(=O)NCc3ccccc3)ccc2C)c1. The minimum atomic E-state index is -3.94. The zero-order valence-electron chi connectivity index (χ0n) is 20.5. The van der Waals surface area contributed by atoms with Crippen LogP contribution in [0.15, 0.2) is 102 Å². The molecule has 4 rings (SSSR count). The molecule has 2 amide bonds. The Bertz CT molecular complexity index is 1550. The van der Waals surface area contributed by atoms with Crippen molar-refractivity contribution in [2.45, 2.75) is 25.3 Å². The molecular formula is C29H27N3O4S. The summed E-state index contributed by atoms with van der Waals surface area (Å²) in [5.74, 6) is -0.871. The summed E-state index contributed by atoms with van der Waals surface area (Å²) >= 11 is 0. The van der Waals surface area contributed by atoms with Crippen LogP contribution in [0.4, 0.5) is 11.4 Å². The molecule has 0 saturated carbocycles. The number of carbonyl (C=O) groups is 2. The number of sulfonamides is 1. The highest BCUT2D eigenvalue weighted by atomic mass is 32.2. The van der Waals surface area contributed by atoms with Gasteiger partial charge in [0.25, 0.3) is 21.8 Å². The number of carbonyl (C=O) groups excluding carboxylic acids is 2. The summed E-state index contributed by atoms with van der Waals surface area (Å²) in [4.78, 5) is 25.9. The zero-order chi connectivity index (χ0) is 26.4. The van der Waals surface area contributed by atoms with Crippen LogP contribution in [0.2, 0.25) is 0 Å². The summed E-state index contributed by atoms with van der Waals surface area (Å²) in [6.07, 6.45) is 0. The number of rotatable bonds is 8. The molecule has 0 aliphatic rings. The van der Waals surface area contributed by atoms with Crippen LogP contribution in [-0.4, -0.2) is 20.2 Å². The third-order valence-corrected chi connectivity index (χ3v) is 7.25. The van der Waals surface area contributed by atoms with Crippen molar-refractivity contribution in [2.24, 2.45) is 0 Å². The normalized spacial score (nSPS) is 11.0. The summed E-state index contributed by atoms with van der Waals surface area (Å²) < 4.78 is 28.8. The zero-order valence-corrected chi connectivity index (χ0v) is 21.3. The first-order chi connectivity index (χ1) is 17.7. The van der Waals surface area contributed by atoms with Gasteiger partial charge in [-0.05, 0) is 66.9 Å². The van der Waals surface area contributed by atoms with Gasteiger partial charge in [-0.2, -0.15) is 0 Å². The number of benzene rings is 4. The van der Waals surface area contributed by atoms with Crippen molar-refractivity contribution >= 4 is 33.2 Å². The largest absolute Gasteiger partial charge is 0.348 e. The smallest absolute Gasteiger partial charge is 0.262 e. The van der Waals surface area contributed by atoms with Crippen LogP contribution in [0.3, 0.4) is 0 Å². The second kappa shape index (κ2) is 11.1. The average Bonchev–Trinajstić information content (AvgIpc) is 2.88. The summed E-state index contributed by atoms with van der Waals surface area (Å²) in [7, 11) is -3.94. The second-order valence-corrected chi connectivity index (χ2v) is 10.3. The maximum atomic E-state index is 13.1. The van der Waals surface area contributed by atoms with E-state index in [9.17, 15) is 18.0 Å². The summed E-state index contributed by atoms with van der Waals surface area (Å²) in [6, 6.07) is 27.6. The molecule has 0 unspecified atom stereocenters. The number of nitrogens with one attached hydrogen (secondary N) is 3. The Balaban J connectivity index is 1.53. The van der Waals surface area contributed by atoms with E-state index in [-0.39, 0.29) is 16.4 Å². The van der Waals surface area contributed by atoms with Crippen LogP contribution in [-0.2, 0) is 16.6 Å². The lowest BCUT2D eigenvalue weighted by molar-refractivity contribution is 0.0951. The lowest BCUT2D eigenvalue weighted by Gasteiger charge is -2.14. The van der Waals surface area contributed by atoms with Gasteiger partial charge in [0.05, 0.1) is 16.1 Å². The standard InChI is InChI=1S/C29H27N3O4S/c1-20-9-8-12-24(17-20)32-37(35,36)27-18-23(16-15-21(27)2)28(33)31-26-14-7-6-13-25(26)29(34)30-19-22-10-4-3-5-11-22/h3-18,32H,19H2,1-2H3,(H,30,34)(H,31,33). The molecule has 0 aliphatic heterocycles. The van der Waals surface area contributed by atoms with Gasteiger partial charge in [-0.25, -0.2) is 8.42 Å². The van der Waals surface area contributed by atoms with Gasteiger partial charge in [0.1, 0.15) is 0 Å². The van der Waals surface area contributed by atoms with Crippen molar-refractivity contribution in [1.82, 2.24) is 5.32 Å². The van der Waals surface area contributed by atoms with Crippen LogP contribution in [0.1, 0.15) is 37.4 Å². The van der Waals surface area contributed by atoms with Gasteiger partial charge >= 0.3 is 0 Å². The van der Waals surface area contributed by atoms with E-state index in [1.807, 2.05) is 43.3 Å². The molecule has 0 radical (unpaired) electrons. The first kappa shape index (κ1) is 25.7. The highest BCUT2D eigenvalue weighted by Crippen LogP contribution is 2.23. The first-order valence-electron chi connectivity index (χ1n) is 11.7. The van der Waals surface area contributed by atoms with E-state index in [4.69, 9.17) is 0 Å². The number of aryl methyl sites for hydroxylation is 2. The van der Waals surface area contributed by atoms with Gasteiger partial charge in [-0.15, -0.1) is 0 Å². The van der Waals surface area contributed by atoms with E-state index < -0.39 is 15.9 Å². The van der Waals surface area contributed by atoms with Crippen molar-refractivity contribution in [3.63, 3.8) is 0 Å². The lowest BCUT2D eigenvalue weighted by atomic mass is 10.1. The minimum absolute atomic E-state index is 0.00412. The summed E-state index contributed by atoms with van der Waals surface area (Å²) in [5.41, 5.74) is 3.56.